The molecule has 1 fully saturated rings. The van der Waals surface area contributed by atoms with Gasteiger partial charge in [-0.1, -0.05) is 13.3 Å². The van der Waals surface area contributed by atoms with E-state index in [1.54, 1.807) is 12.3 Å². The van der Waals surface area contributed by atoms with E-state index in [4.69, 9.17) is 4.74 Å². The molecule has 3 nitrogen and oxygen atoms in total. The summed E-state index contributed by atoms with van der Waals surface area (Å²) in [6, 6.07) is 1.78. The lowest BCUT2D eigenvalue weighted by Crippen LogP contribution is -2.37. The van der Waals surface area contributed by atoms with Crippen LogP contribution in [0.5, 0.6) is 5.88 Å². The van der Waals surface area contributed by atoms with Gasteiger partial charge < -0.3 is 10.1 Å². The highest BCUT2D eigenvalue weighted by molar-refractivity contribution is 5.31. The van der Waals surface area contributed by atoms with E-state index in [0.29, 0.717) is 12.2 Å². The molecular weight excluding hydrogens is 231 g/mol. The lowest BCUT2D eigenvalue weighted by molar-refractivity contribution is 0.291. The van der Waals surface area contributed by atoms with E-state index in [-0.39, 0.29) is 17.2 Å². The smallest absolute Gasteiger partial charge is 0.250 e. The van der Waals surface area contributed by atoms with E-state index in [1.807, 2.05) is 6.92 Å². The summed E-state index contributed by atoms with van der Waals surface area (Å²) >= 11 is 0. The van der Waals surface area contributed by atoms with Gasteiger partial charge in [0.2, 0.25) is 0 Å². The molecular formula is C14H21FN2O. The molecule has 0 bridgehead atoms. The van der Waals surface area contributed by atoms with Crippen molar-refractivity contribution in [2.45, 2.75) is 45.1 Å². The monoisotopic (exact) mass is 252 g/mol. The molecule has 2 rings (SSSR count). The van der Waals surface area contributed by atoms with E-state index in [1.165, 1.54) is 0 Å². The maximum Gasteiger partial charge on any atom is 0.250 e. The Bertz CT molecular complexity index is 403. The van der Waals surface area contributed by atoms with Crippen molar-refractivity contribution in [2.24, 2.45) is 0 Å². The van der Waals surface area contributed by atoms with Crippen LogP contribution in [0.2, 0.25) is 0 Å². The molecule has 2 heterocycles. The summed E-state index contributed by atoms with van der Waals surface area (Å²) in [6.45, 7) is 5.35. The number of pyridine rings is 1. The summed E-state index contributed by atoms with van der Waals surface area (Å²) in [5.41, 5.74) is 0.480. The first-order valence-corrected chi connectivity index (χ1v) is 6.76. The largest absolute Gasteiger partial charge is 0.476 e. The molecule has 100 valence electrons. The fourth-order valence-corrected chi connectivity index (χ4v) is 2.84. The molecule has 1 aliphatic rings. The molecule has 1 N–H and O–H groups in total. The van der Waals surface area contributed by atoms with Crippen LogP contribution in [0.4, 0.5) is 4.39 Å². The highest BCUT2D eigenvalue weighted by atomic mass is 19.1. The predicted molar refractivity (Wildman–Crippen MR) is 69.2 cm³/mol. The summed E-state index contributed by atoms with van der Waals surface area (Å²) in [7, 11) is 0. The standard InChI is InChI=1S/C14H21FN2O/c1-3-7-14(8-5-9-17-14)11-6-10-16-13(12(11)15)18-4-2/h6,10,17H,3-5,7-9H2,1-2H3. The van der Waals surface area contributed by atoms with Crippen LogP contribution in [-0.2, 0) is 5.54 Å². The molecule has 0 spiro atoms. The van der Waals surface area contributed by atoms with Crippen molar-refractivity contribution in [3.8, 4) is 5.88 Å². The first kappa shape index (κ1) is 13.3. The second-order valence-corrected chi connectivity index (χ2v) is 4.77. The zero-order chi connectivity index (χ0) is 13.0. The van der Waals surface area contributed by atoms with Crippen LogP contribution >= 0.6 is 0 Å². The lowest BCUT2D eigenvalue weighted by atomic mass is 9.84. The summed E-state index contributed by atoms with van der Waals surface area (Å²) in [5.74, 6) is -0.179. The van der Waals surface area contributed by atoms with E-state index in [9.17, 15) is 4.39 Å². The third-order valence-electron chi connectivity index (χ3n) is 3.57. The summed E-state index contributed by atoms with van der Waals surface area (Å²) in [6.07, 6.45) is 5.68. The van der Waals surface area contributed by atoms with Gasteiger partial charge in [0.05, 0.1) is 6.61 Å². The summed E-state index contributed by atoms with van der Waals surface area (Å²) in [4.78, 5) is 3.97. The van der Waals surface area contributed by atoms with Crippen molar-refractivity contribution in [1.82, 2.24) is 10.3 Å². The average Bonchev–Trinajstić information content (AvgIpc) is 2.82. The van der Waals surface area contributed by atoms with E-state index < -0.39 is 0 Å². The maximum atomic E-state index is 14.5. The predicted octanol–water partition coefficient (Wildman–Crippen LogP) is 3.00. The minimum absolute atomic E-state index is 0.124. The Morgan fingerprint density at radius 1 is 1.50 bits per heavy atom. The average molecular weight is 252 g/mol. The van der Waals surface area contributed by atoms with Gasteiger partial charge >= 0.3 is 0 Å². The van der Waals surface area contributed by atoms with Gasteiger partial charge in [0.25, 0.3) is 5.88 Å². The number of hydrogen-bond acceptors (Lipinski definition) is 3. The van der Waals surface area contributed by atoms with Gasteiger partial charge in [-0.2, -0.15) is 0 Å². The molecule has 1 aliphatic heterocycles. The Labute approximate surface area is 108 Å². The number of rotatable bonds is 5. The van der Waals surface area contributed by atoms with Crippen molar-refractivity contribution in [3.05, 3.63) is 23.6 Å². The Kier molecular flexibility index (Phi) is 4.17. The molecule has 1 aromatic rings. The minimum Gasteiger partial charge on any atom is -0.476 e. The number of hydrogen-bond donors (Lipinski definition) is 1. The molecule has 4 heteroatoms. The fraction of sp³-hybridized carbons (Fsp3) is 0.643. The fourth-order valence-electron chi connectivity index (χ4n) is 2.84. The SMILES string of the molecule is CCCC1(c2ccnc(OCC)c2F)CCCN1. The van der Waals surface area contributed by atoms with Gasteiger partial charge in [0.1, 0.15) is 0 Å². The van der Waals surface area contributed by atoms with Gasteiger partial charge in [-0.05, 0) is 38.8 Å². The van der Waals surface area contributed by atoms with Crippen LogP contribution < -0.4 is 10.1 Å². The van der Waals surface area contributed by atoms with Gasteiger partial charge in [-0.15, -0.1) is 0 Å². The van der Waals surface area contributed by atoms with Gasteiger partial charge in [0.15, 0.2) is 5.82 Å². The number of nitrogens with one attached hydrogen (secondary N) is 1. The number of ether oxygens (including phenoxy) is 1. The van der Waals surface area contributed by atoms with Crippen LogP contribution in [0, 0.1) is 5.82 Å². The molecule has 0 amide bonds. The molecule has 1 saturated heterocycles. The molecule has 18 heavy (non-hydrogen) atoms. The molecule has 0 aliphatic carbocycles. The first-order valence-electron chi connectivity index (χ1n) is 6.76. The zero-order valence-corrected chi connectivity index (χ0v) is 11.1. The summed E-state index contributed by atoms with van der Waals surface area (Å²) in [5, 5.41) is 3.47. The van der Waals surface area contributed by atoms with Crippen LogP contribution in [0.15, 0.2) is 12.3 Å². The third kappa shape index (κ3) is 2.34. The number of nitrogens with zero attached hydrogens (tertiary/aromatic N) is 1. The van der Waals surface area contributed by atoms with Gasteiger partial charge in [-0.25, -0.2) is 9.37 Å². The molecule has 0 radical (unpaired) electrons. The van der Waals surface area contributed by atoms with Crippen LogP contribution in [0.3, 0.4) is 0 Å². The van der Waals surface area contributed by atoms with Crippen molar-refractivity contribution in [2.75, 3.05) is 13.2 Å². The van der Waals surface area contributed by atoms with E-state index in [2.05, 4.69) is 17.2 Å². The zero-order valence-electron chi connectivity index (χ0n) is 11.1. The third-order valence-corrected chi connectivity index (χ3v) is 3.57. The van der Waals surface area contributed by atoms with Crippen molar-refractivity contribution in [1.29, 1.82) is 0 Å². The van der Waals surface area contributed by atoms with Crippen LogP contribution in [-0.4, -0.2) is 18.1 Å². The highest BCUT2D eigenvalue weighted by Crippen LogP contribution is 2.38. The Morgan fingerprint density at radius 3 is 2.94 bits per heavy atom. The topological polar surface area (TPSA) is 34.1 Å². The Balaban J connectivity index is 2.38. The van der Waals surface area contributed by atoms with Crippen molar-refractivity contribution in [3.63, 3.8) is 0 Å². The van der Waals surface area contributed by atoms with Gasteiger partial charge in [-0.3, -0.25) is 0 Å². The molecule has 0 saturated carbocycles. The summed E-state index contributed by atoms with van der Waals surface area (Å²) < 4.78 is 19.7. The number of halogens is 1. The number of aromatic nitrogens is 1. The lowest BCUT2D eigenvalue weighted by Gasteiger charge is -2.30. The van der Waals surface area contributed by atoms with Crippen LogP contribution in [0.1, 0.15) is 45.1 Å². The minimum atomic E-state index is -0.304. The molecule has 0 aromatic carbocycles. The van der Waals surface area contributed by atoms with Crippen molar-refractivity contribution >= 4 is 0 Å². The highest BCUT2D eigenvalue weighted by Gasteiger charge is 2.37. The maximum absolute atomic E-state index is 14.5. The Morgan fingerprint density at radius 2 is 2.33 bits per heavy atom. The molecule has 1 unspecified atom stereocenters. The van der Waals surface area contributed by atoms with Crippen molar-refractivity contribution < 1.29 is 9.13 Å². The molecule has 1 atom stereocenters. The van der Waals surface area contributed by atoms with E-state index in [0.717, 1.165) is 32.2 Å². The molecule has 1 aromatic heterocycles. The second kappa shape index (κ2) is 5.65. The normalized spacial score (nSPS) is 23.3. The van der Waals surface area contributed by atoms with Gasteiger partial charge in [0, 0.05) is 17.3 Å². The second-order valence-electron chi connectivity index (χ2n) is 4.77. The van der Waals surface area contributed by atoms with E-state index >= 15 is 0 Å². The first-order chi connectivity index (χ1) is 8.73. The Hall–Kier alpha value is -1.16. The quantitative estimate of drug-likeness (QED) is 0.874. The van der Waals surface area contributed by atoms with Crippen LogP contribution in [0.25, 0.3) is 0 Å².